The van der Waals surface area contributed by atoms with Crippen molar-refractivity contribution in [1.82, 2.24) is 15.5 Å². The van der Waals surface area contributed by atoms with Crippen molar-refractivity contribution in [3.05, 3.63) is 95.1 Å². The molecule has 5 rings (SSSR count). The number of carbonyl (C=O) groups is 2. The van der Waals surface area contributed by atoms with Gasteiger partial charge in [0, 0.05) is 38.2 Å². The summed E-state index contributed by atoms with van der Waals surface area (Å²) in [6.45, 7) is 6.14. The van der Waals surface area contributed by atoms with Gasteiger partial charge in [0.25, 0.3) is 0 Å². The second kappa shape index (κ2) is 15.8. The smallest absolute Gasteiger partial charge is 0.325 e. The molecule has 2 aliphatic rings. The van der Waals surface area contributed by atoms with Gasteiger partial charge in [0.15, 0.2) is 6.29 Å². The van der Waals surface area contributed by atoms with Gasteiger partial charge in [0.05, 0.1) is 38.6 Å². The highest BCUT2D eigenvalue weighted by Crippen LogP contribution is 2.39. The van der Waals surface area contributed by atoms with E-state index in [9.17, 15) is 14.7 Å². The zero-order chi connectivity index (χ0) is 30.7. The van der Waals surface area contributed by atoms with Crippen molar-refractivity contribution in [3.8, 4) is 11.1 Å². The number of aliphatic hydroxyl groups excluding tert-OH is 1. The first kappa shape index (κ1) is 31.6. The molecule has 10 heteroatoms. The number of nitrogens with one attached hydrogen (secondary N) is 2. The lowest BCUT2D eigenvalue weighted by Gasteiger charge is -2.39. The molecule has 0 aromatic heterocycles. The number of esters is 1. The quantitative estimate of drug-likeness (QED) is 0.281. The molecular formula is C34H41N3O7. The highest BCUT2D eigenvalue weighted by atomic mass is 16.7. The minimum atomic E-state index is -0.551. The molecule has 2 fully saturated rings. The molecular weight excluding hydrogens is 562 g/mol. The van der Waals surface area contributed by atoms with Crippen LogP contribution in [0.3, 0.4) is 0 Å². The average Bonchev–Trinajstić information content (AvgIpc) is 3.07. The molecule has 0 spiro atoms. The standard InChI is InChI=1S/C34H41N3O7/c1-2-42-32(39)21-36-34(40)35-20-25-5-3-6-27(17-25)28-7-4-8-29(18-28)33-43-30(22-37-13-15-41-16-14-37)19-31(44-33)26-11-9-24(23-38)10-12-26/h3-12,17-18,30-31,33,38H,2,13-16,19-23H2,1H3,(H2,35,36,40)/t30-,31+,33+/m1/s1. The van der Waals surface area contributed by atoms with Crippen LogP contribution in [0.2, 0.25) is 0 Å². The van der Waals surface area contributed by atoms with Crippen LogP contribution in [-0.2, 0) is 36.9 Å². The van der Waals surface area contributed by atoms with Crippen LogP contribution in [0, 0.1) is 0 Å². The molecule has 10 nitrogen and oxygen atoms in total. The minimum absolute atomic E-state index is 0.00390. The summed E-state index contributed by atoms with van der Waals surface area (Å²) in [5.41, 5.74) is 5.77. The maximum absolute atomic E-state index is 12.1. The third kappa shape index (κ3) is 8.87. The fourth-order valence-electron chi connectivity index (χ4n) is 5.44. The van der Waals surface area contributed by atoms with Crippen LogP contribution in [0.4, 0.5) is 4.79 Å². The van der Waals surface area contributed by atoms with Crippen molar-refractivity contribution >= 4 is 12.0 Å². The summed E-state index contributed by atoms with van der Waals surface area (Å²) < 4.78 is 23.5. The lowest BCUT2D eigenvalue weighted by molar-refractivity contribution is -0.253. The van der Waals surface area contributed by atoms with E-state index in [4.69, 9.17) is 18.9 Å². The monoisotopic (exact) mass is 603 g/mol. The highest BCUT2D eigenvalue weighted by Gasteiger charge is 2.33. The maximum atomic E-state index is 12.1. The van der Waals surface area contributed by atoms with E-state index in [2.05, 4.69) is 21.6 Å². The number of morpholine rings is 1. The Balaban J connectivity index is 1.29. The van der Waals surface area contributed by atoms with E-state index in [0.29, 0.717) is 6.54 Å². The van der Waals surface area contributed by atoms with Gasteiger partial charge in [0.1, 0.15) is 6.54 Å². The summed E-state index contributed by atoms with van der Waals surface area (Å²) in [6, 6.07) is 23.6. The largest absolute Gasteiger partial charge is 0.465 e. The predicted molar refractivity (Wildman–Crippen MR) is 164 cm³/mol. The summed E-state index contributed by atoms with van der Waals surface area (Å²) in [5, 5.41) is 14.8. The summed E-state index contributed by atoms with van der Waals surface area (Å²) >= 11 is 0. The van der Waals surface area contributed by atoms with Crippen LogP contribution >= 0.6 is 0 Å². The van der Waals surface area contributed by atoms with Gasteiger partial charge in [-0.05, 0) is 46.9 Å². The Hall–Kier alpha value is -3.80. The molecule has 2 amide bonds. The molecule has 3 aromatic rings. The Morgan fingerprint density at radius 3 is 2.41 bits per heavy atom. The molecule has 2 saturated heterocycles. The van der Waals surface area contributed by atoms with Crippen LogP contribution in [-0.4, -0.2) is 74.1 Å². The number of ether oxygens (including phenoxy) is 4. The first-order valence-corrected chi connectivity index (χ1v) is 15.2. The van der Waals surface area contributed by atoms with Gasteiger partial charge in [0.2, 0.25) is 0 Å². The molecule has 2 heterocycles. The van der Waals surface area contributed by atoms with E-state index >= 15 is 0 Å². The van der Waals surface area contributed by atoms with Crippen LogP contribution in [0.1, 0.15) is 48.0 Å². The van der Waals surface area contributed by atoms with Crippen molar-refractivity contribution in [2.24, 2.45) is 0 Å². The first-order chi connectivity index (χ1) is 21.5. The SMILES string of the molecule is CCOC(=O)CNC(=O)NCc1cccc(-c2cccc([C@H]3O[C@@H](CN4CCOCC4)C[C@@H](c4ccc(CO)cc4)O3)c2)c1. The third-order valence-corrected chi connectivity index (χ3v) is 7.75. The maximum Gasteiger partial charge on any atom is 0.325 e. The fourth-order valence-corrected chi connectivity index (χ4v) is 5.44. The van der Waals surface area contributed by atoms with Crippen LogP contribution in [0.5, 0.6) is 0 Å². The van der Waals surface area contributed by atoms with Crippen LogP contribution < -0.4 is 10.6 Å². The number of rotatable bonds is 11. The molecule has 3 N–H and O–H groups in total. The number of urea groups is 1. The zero-order valence-electron chi connectivity index (χ0n) is 25.1. The number of carbonyl (C=O) groups excluding carboxylic acids is 2. The zero-order valence-corrected chi connectivity index (χ0v) is 25.1. The third-order valence-electron chi connectivity index (χ3n) is 7.75. The number of nitrogens with zero attached hydrogens (tertiary/aromatic N) is 1. The number of amides is 2. The molecule has 2 aliphatic heterocycles. The molecule has 3 atom stereocenters. The van der Waals surface area contributed by atoms with Crippen molar-refractivity contribution < 1.29 is 33.6 Å². The van der Waals surface area contributed by atoms with Gasteiger partial charge in [-0.25, -0.2) is 4.79 Å². The summed E-state index contributed by atoms with van der Waals surface area (Å²) in [5.74, 6) is -0.478. The van der Waals surface area contributed by atoms with Crippen molar-refractivity contribution in [3.63, 3.8) is 0 Å². The Labute approximate surface area is 258 Å². The van der Waals surface area contributed by atoms with E-state index in [0.717, 1.165) is 72.6 Å². The Bertz CT molecular complexity index is 1380. The normalized spacial score (nSPS) is 20.5. The summed E-state index contributed by atoms with van der Waals surface area (Å²) in [6.07, 6.45) is 0.00204. The van der Waals surface area contributed by atoms with Gasteiger partial charge < -0.3 is 34.7 Å². The van der Waals surface area contributed by atoms with E-state index in [1.807, 2.05) is 66.7 Å². The van der Waals surface area contributed by atoms with E-state index < -0.39 is 18.3 Å². The number of benzene rings is 3. The molecule has 0 radical (unpaired) electrons. The molecule has 3 aromatic carbocycles. The van der Waals surface area contributed by atoms with Crippen molar-refractivity contribution in [1.29, 1.82) is 0 Å². The van der Waals surface area contributed by atoms with E-state index in [1.165, 1.54) is 0 Å². The number of hydrogen-bond acceptors (Lipinski definition) is 8. The molecule has 234 valence electrons. The predicted octanol–water partition coefficient (Wildman–Crippen LogP) is 4.09. The van der Waals surface area contributed by atoms with Gasteiger partial charge in [-0.2, -0.15) is 0 Å². The topological polar surface area (TPSA) is 119 Å². The van der Waals surface area contributed by atoms with Gasteiger partial charge in [-0.15, -0.1) is 0 Å². The lowest BCUT2D eigenvalue weighted by Crippen LogP contribution is -2.44. The van der Waals surface area contributed by atoms with Gasteiger partial charge in [-0.3, -0.25) is 9.69 Å². The summed E-state index contributed by atoms with van der Waals surface area (Å²) in [4.78, 5) is 26.0. The average molecular weight is 604 g/mol. The fraction of sp³-hybridized carbons (Fsp3) is 0.412. The summed E-state index contributed by atoms with van der Waals surface area (Å²) in [7, 11) is 0. The second-order valence-corrected chi connectivity index (χ2v) is 10.9. The Kier molecular flexibility index (Phi) is 11.3. The van der Waals surface area contributed by atoms with E-state index in [-0.39, 0.29) is 32.0 Å². The number of hydrogen-bond donors (Lipinski definition) is 3. The van der Waals surface area contributed by atoms with Crippen LogP contribution in [0.15, 0.2) is 72.8 Å². The van der Waals surface area contributed by atoms with Gasteiger partial charge >= 0.3 is 12.0 Å². The second-order valence-electron chi connectivity index (χ2n) is 10.9. The van der Waals surface area contributed by atoms with E-state index in [1.54, 1.807) is 6.92 Å². The van der Waals surface area contributed by atoms with Crippen LogP contribution in [0.25, 0.3) is 11.1 Å². The molecule has 0 unspecified atom stereocenters. The molecule has 0 aliphatic carbocycles. The molecule has 0 saturated carbocycles. The Morgan fingerprint density at radius 1 is 0.909 bits per heavy atom. The first-order valence-electron chi connectivity index (χ1n) is 15.2. The van der Waals surface area contributed by atoms with Crippen molar-refractivity contribution in [2.45, 2.75) is 45.0 Å². The highest BCUT2D eigenvalue weighted by molar-refractivity contribution is 5.80. The molecule has 44 heavy (non-hydrogen) atoms. The van der Waals surface area contributed by atoms with Gasteiger partial charge in [-0.1, -0.05) is 60.7 Å². The minimum Gasteiger partial charge on any atom is -0.465 e. The molecule has 0 bridgehead atoms. The van der Waals surface area contributed by atoms with Crippen molar-refractivity contribution in [2.75, 3.05) is 46.0 Å². The lowest BCUT2D eigenvalue weighted by atomic mass is 9.98. The number of aliphatic hydroxyl groups is 1. The Morgan fingerprint density at radius 2 is 1.66 bits per heavy atom.